The fourth-order valence-electron chi connectivity index (χ4n) is 2.40. The Balaban J connectivity index is 1.73. The molecule has 1 aromatic heterocycles. The largest absolute Gasteiger partial charge is 0.486 e. The van der Waals surface area contributed by atoms with Crippen molar-refractivity contribution in [3.8, 4) is 5.75 Å². The number of carbonyl (C=O) groups excluding carboxylic acids is 1. The van der Waals surface area contributed by atoms with Gasteiger partial charge in [0.15, 0.2) is 5.82 Å². The van der Waals surface area contributed by atoms with Crippen LogP contribution in [0.2, 0.25) is 0 Å². The summed E-state index contributed by atoms with van der Waals surface area (Å²) in [4.78, 5) is 11.9. The van der Waals surface area contributed by atoms with Crippen molar-refractivity contribution in [2.24, 2.45) is 0 Å². The Morgan fingerprint density at radius 3 is 2.59 bits per heavy atom. The van der Waals surface area contributed by atoms with E-state index in [4.69, 9.17) is 15.3 Å². The number of nitrogen functional groups attached to an aromatic ring is 1. The number of rotatable bonds is 12. The lowest BCUT2D eigenvalue weighted by Gasteiger charge is -2.09. The van der Waals surface area contributed by atoms with Crippen LogP contribution < -0.4 is 15.9 Å². The predicted octanol–water partition coefficient (Wildman–Crippen LogP) is 2.72. The lowest BCUT2D eigenvalue weighted by atomic mass is 10.0. The van der Waals surface area contributed by atoms with Gasteiger partial charge in [0.1, 0.15) is 12.4 Å². The molecule has 29 heavy (non-hydrogen) atoms. The smallest absolute Gasteiger partial charge is 0.230 e. The molecule has 0 fully saturated rings. The van der Waals surface area contributed by atoms with E-state index in [0.717, 1.165) is 12.2 Å². The van der Waals surface area contributed by atoms with Gasteiger partial charge in [-0.25, -0.2) is 4.68 Å². The number of carbonyl (C=O) groups is 1. The average Bonchev–Trinajstić information content (AvgIpc) is 3.04. The first-order valence-corrected chi connectivity index (χ1v) is 10.8. The molecule has 2 rings (SSSR count). The van der Waals surface area contributed by atoms with E-state index in [1.165, 1.54) is 22.0 Å². The van der Waals surface area contributed by atoms with E-state index in [2.05, 4.69) is 29.4 Å². The first-order chi connectivity index (χ1) is 13.9. The maximum atomic E-state index is 11.9. The van der Waals surface area contributed by atoms with E-state index in [0.29, 0.717) is 30.1 Å². The molecule has 9 heteroatoms. The second kappa shape index (κ2) is 11.7. The Morgan fingerprint density at radius 2 is 1.93 bits per heavy atom. The molecule has 0 unspecified atom stereocenters. The van der Waals surface area contributed by atoms with Crippen molar-refractivity contribution in [1.82, 2.24) is 20.2 Å². The van der Waals surface area contributed by atoms with Gasteiger partial charge < -0.3 is 20.6 Å². The van der Waals surface area contributed by atoms with E-state index in [1.54, 1.807) is 0 Å². The normalized spacial score (nSPS) is 11.2. The van der Waals surface area contributed by atoms with E-state index < -0.39 is 0 Å². The highest BCUT2D eigenvalue weighted by molar-refractivity contribution is 7.99. The second-order valence-corrected chi connectivity index (χ2v) is 8.14. The fraction of sp³-hybridized carbons (Fsp3) is 0.550. The van der Waals surface area contributed by atoms with Crippen molar-refractivity contribution in [2.75, 3.05) is 24.7 Å². The van der Waals surface area contributed by atoms with Crippen molar-refractivity contribution in [2.45, 2.75) is 57.9 Å². The number of amides is 1. The molecule has 0 atom stereocenters. The number of hydrogen-bond donors (Lipinski definition) is 2. The monoisotopic (exact) mass is 421 g/mol. The van der Waals surface area contributed by atoms with Gasteiger partial charge in [-0.05, 0) is 43.9 Å². The van der Waals surface area contributed by atoms with E-state index in [9.17, 15) is 4.79 Å². The van der Waals surface area contributed by atoms with Crippen LogP contribution in [0, 0.1) is 0 Å². The lowest BCUT2D eigenvalue weighted by Crippen LogP contribution is -2.27. The van der Waals surface area contributed by atoms with Gasteiger partial charge in [-0.2, -0.15) is 0 Å². The van der Waals surface area contributed by atoms with Gasteiger partial charge in [0, 0.05) is 13.2 Å². The molecule has 1 amide bonds. The van der Waals surface area contributed by atoms with Crippen LogP contribution in [0.15, 0.2) is 29.4 Å². The van der Waals surface area contributed by atoms with Gasteiger partial charge in [0.05, 0.1) is 11.9 Å². The summed E-state index contributed by atoms with van der Waals surface area (Å²) in [6.45, 7) is 9.68. The molecule has 1 heterocycles. The van der Waals surface area contributed by atoms with Crippen molar-refractivity contribution in [3.05, 3.63) is 35.7 Å². The van der Waals surface area contributed by atoms with Gasteiger partial charge in [0.25, 0.3) is 0 Å². The summed E-state index contributed by atoms with van der Waals surface area (Å²) in [5.74, 6) is 7.88. The topological polar surface area (TPSA) is 104 Å². The highest BCUT2D eigenvalue weighted by Crippen LogP contribution is 2.20. The van der Waals surface area contributed by atoms with Crippen LogP contribution in [0.1, 0.15) is 51.4 Å². The van der Waals surface area contributed by atoms with Gasteiger partial charge in [-0.3, -0.25) is 4.79 Å². The third-order valence-corrected chi connectivity index (χ3v) is 5.02. The minimum Gasteiger partial charge on any atom is -0.486 e. The average molecular weight is 422 g/mol. The van der Waals surface area contributed by atoms with Gasteiger partial charge in [0.2, 0.25) is 11.1 Å². The highest BCUT2D eigenvalue weighted by Gasteiger charge is 2.13. The van der Waals surface area contributed by atoms with Crippen LogP contribution in [-0.2, 0) is 16.1 Å². The molecule has 0 aliphatic carbocycles. The number of nitrogens with zero attached hydrogens (tertiary/aromatic N) is 3. The molecular weight excluding hydrogens is 390 g/mol. The van der Waals surface area contributed by atoms with E-state index in [1.807, 2.05) is 38.1 Å². The zero-order chi connectivity index (χ0) is 21.2. The summed E-state index contributed by atoms with van der Waals surface area (Å²) in [7, 11) is 0. The molecule has 0 radical (unpaired) electrons. The number of nitrogens with one attached hydrogen (secondary N) is 1. The van der Waals surface area contributed by atoms with E-state index in [-0.39, 0.29) is 24.4 Å². The highest BCUT2D eigenvalue weighted by atomic mass is 32.2. The molecule has 0 aliphatic heterocycles. The van der Waals surface area contributed by atoms with Crippen LogP contribution in [-0.4, -0.2) is 45.8 Å². The fourth-order valence-corrected chi connectivity index (χ4v) is 3.11. The Hall–Kier alpha value is -2.26. The zero-order valence-electron chi connectivity index (χ0n) is 17.6. The molecule has 0 spiro atoms. The van der Waals surface area contributed by atoms with Gasteiger partial charge in [-0.1, -0.05) is 37.7 Å². The van der Waals surface area contributed by atoms with Crippen molar-refractivity contribution in [1.29, 1.82) is 0 Å². The van der Waals surface area contributed by atoms with Crippen LogP contribution in [0.25, 0.3) is 0 Å². The van der Waals surface area contributed by atoms with Crippen LogP contribution >= 0.6 is 11.8 Å². The minimum atomic E-state index is -0.0782. The SMILES string of the molecule is CC(C)OCCCNC(=O)CSc1nnc(COc2ccc(C(C)C)cc2)n1N. The number of thioether (sulfide) groups is 1. The minimum absolute atomic E-state index is 0.0782. The third kappa shape index (κ3) is 7.94. The van der Waals surface area contributed by atoms with Crippen molar-refractivity contribution >= 4 is 17.7 Å². The quantitative estimate of drug-likeness (QED) is 0.308. The number of hydrogen-bond acceptors (Lipinski definition) is 7. The molecule has 0 saturated carbocycles. The summed E-state index contributed by atoms with van der Waals surface area (Å²) in [6, 6.07) is 7.95. The molecule has 0 saturated heterocycles. The van der Waals surface area contributed by atoms with Gasteiger partial charge in [-0.15, -0.1) is 10.2 Å². The maximum Gasteiger partial charge on any atom is 0.230 e. The molecule has 0 aliphatic rings. The molecule has 1 aromatic carbocycles. The molecule has 0 bridgehead atoms. The first-order valence-electron chi connectivity index (χ1n) is 9.80. The first kappa shape index (κ1) is 23.0. The number of aromatic nitrogens is 3. The summed E-state index contributed by atoms with van der Waals surface area (Å²) < 4.78 is 12.5. The Kier molecular flexibility index (Phi) is 9.27. The predicted molar refractivity (Wildman–Crippen MR) is 114 cm³/mol. The van der Waals surface area contributed by atoms with Crippen molar-refractivity contribution < 1.29 is 14.3 Å². The Morgan fingerprint density at radius 1 is 1.21 bits per heavy atom. The van der Waals surface area contributed by atoms with Crippen LogP contribution in [0.3, 0.4) is 0 Å². The molecular formula is C20H31N5O3S. The summed E-state index contributed by atoms with van der Waals surface area (Å²) >= 11 is 1.24. The lowest BCUT2D eigenvalue weighted by molar-refractivity contribution is -0.118. The van der Waals surface area contributed by atoms with E-state index >= 15 is 0 Å². The van der Waals surface area contributed by atoms with Crippen molar-refractivity contribution in [3.63, 3.8) is 0 Å². The Labute approximate surface area is 176 Å². The summed E-state index contributed by atoms with van der Waals surface area (Å²) in [5.41, 5.74) is 1.25. The molecule has 160 valence electrons. The van der Waals surface area contributed by atoms with Gasteiger partial charge >= 0.3 is 0 Å². The second-order valence-electron chi connectivity index (χ2n) is 7.19. The summed E-state index contributed by atoms with van der Waals surface area (Å²) in [5, 5.41) is 11.4. The Bertz CT molecular complexity index is 762. The number of benzene rings is 1. The third-order valence-electron chi connectivity index (χ3n) is 4.08. The maximum absolute atomic E-state index is 11.9. The summed E-state index contributed by atoms with van der Waals surface area (Å²) in [6.07, 6.45) is 0.983. The van der Waals surface area contributed by atoms with Crippen LogP contribution in [0.5, 0.6) is 5.75 Å². The number of nitrogens with two attached hydrogens (primary N) is 1. The zero-order valence-corrected chi connectivity index (χ0v) is 18.4. The standard InChI is InChI=1S/C20H31N5O3S/c1-14(2)16-6-8-17(9-7-16)28-12-18-23-24-20(25(18)21)29-13-19(26)22-10-5-11-27-15(3)4/h6-9,14-15H,5,10-13,21H2,1-4H3,(H,22,26). The number of ether oxygens (including phenoxy) is 2. The van der Waals surface area contributed by atoms with Crippen LogP contribution in [0.4, 0.5) is 0 Å². The molecule has 2 aromatic rings. The molecule has 8 nitrogen and oxygen atoms in total. The molecule has 3 N–H and O–H groups in total.